The molecule has 0 bridgehead atoms. The van der Waals surface area contributed by atoms with Crippen LogP contribution in [0.4, 0.5) is 0 Å². The Morgan fingerprint density at radius 2 is 1.85 bits per heavy atom. The Morgan fingerprint density at radius 3 is 2.59 bits per heavy atom. The van der Waals surface area contributed by atoms with E-state index in [9.17, 15) is 25.5 Å². The molecule has 13 atom stereocenters. The van der Waals surface area contributed by atoms with Crippen LogP contribution in [-0.4, -0.2) is 81.3 Å². The van der Waals surface area contributed by atoms with Gasteiger partial charge in [-0.1, -0.05) is 44.6 Å². The number of benzene rings is 1. The van der Waals surface area contributed by atoms with Gasteiger partial charge in [-0.3, -0.25) is 0 Å². The van der Waals surface area contributed by atoms with Gasteiger partial charge in [0.25, 0.3) is 0 Å². The second-order valence-electron chi connectivity index (χ2n) is 14.5. The Labute approximate surface area is 245 Å². The molecule has 7 heteroatoms. The first-order valence-corrected chi connectivity index (χ1v) is 16.1. The van der Waals surface area contributed by atoms with Crippen molar-refractivity contribution in [3.8, 4) is 0 Å². The number of hydrogen-bond donors (Lipinski definition) is 6. The molecule has 0 aromatic heterocycles. The molecular formula is C34H51NO6. The van der Waals surface area contributed by atoms with Crippen LogP contribution in [0.1, 0.15) is 93.4 Å². The molecule has 1 aliphatic heterocycles. The van der Waals surface area contributed by atoms with Gasteiger partial charge in [0.2, 0.25) is 0 Å². The van der Waals surface area contributed by atoms with Crippen LogP contribution >= 0.6 is 0 Å². The Morgan fingerprint density at radius 1 is 1.07 bits per heavy atom. The van der Waals surface area contributed by atoms with E-state index in [1.54, 1.807) is 0 Å². The predicted octanol–water partition coefficient (Wildman–Crippen LogP) is 3.08. The molecule has 41 heavy (non-hydrogen) atoms. The van der Waals surface area contributed by atoms with Crippen LogP contribution in [-0.2, 0) is 11.2 Å². The third-order valence-electron chi connectivity index (χ3n) is 12.1. The molecule has 5 aliphatic rings. The van der Waals surface area contributed by atoms with Gasteiger partial charge in [-0.2, -0.15) is 0 Å². The van der Waals surface area contributed by atoms with Crippen molar-refractivity contribution in [1.29, 1.82) is 0 Å². The van der Waals surface area contributed by atoms with Gasteiger partial charge >= 0.3 is 0 Å². The maximum Gasteiger partial charge on any atom is 0.109 e. The largest absolute Gasteiger partial charge is 0.396 e. The summed E-state index contributed by atoms with van der Waals surface area (Å²) in [4.78, 5) is 0. The summed E-state index contributed by atoms with van der Waals surface area (Å²) in [6.45, 7) is 9.92. The summed E-state index contributed by atoms with van der Waals surface area (Å²) in [7, 11) is 0. The average molecular weight is 570 g/mol. The SMILES string of the molecule is Cc1c([C@H](C)[C@@H]2NC[C@@H](C)C[C@H]2O)ccc2c1C[C@H]1[C@H]2CC=C2C[C@@H](O[C@@H]3C[C@H](CO)[C@@H](O)[C@H](O)[C@H]3O)CC[C@@]21C. The molecule has 1 aromatic rings. The van der Waals surface area contributed by atoms with E-state index >= 15 is 0 Å². The van der Waals surface area contributed by atoms with E-state index in [0.717, 1.165) is 45.1 Å². The van der Waals surface area contributed by atoms with Crippen molar-refractivity contribution in [3.63, 3.8) is 0 Å². The van der Waals surface area contributed by atoms with E-state index in [1.165, 1.54) is 27.8 Å². The highest BCUT2D eigenvalue weighted by Gasteiger charge is 2.52. The molecule has 6 rings (SSSR count). The van der Waals surface area contributed by atoms with Gasteiger partial charge in [0.1, 0.15) is 12.2 Å². The molecule has 1 aromatic carbocycles. The minimum Gasteiger partial charge on any atom is -0.396 e. The number of aliphatic hydroxyl groups is 5. The number of hydrogen-bond acceptors (Lipinski definition) is 7. The third-order valence-corrected chi connectivity index (χ3v) is 12.1. The van der Waals surface area contributed by atoms with E-state index in [-0.39, 0.29) is 36.2 Å². The number of fused-ring (bicyclic) bond motifs is 5. The summed E-state index contributed by atoms with van der Waals surface area (Å²) in [6.07, 6.45) is 3.99. The van der Waals surface area contributed by atoms with Crippen LogP contribution in [0.5, 0.6) is 0 Å². The summed E-state index contributed by atoms with van der Waals surface area (Å²) in [5.41, 5.74) is 7.36. The van der Waals surface area contributed by atoms with Gasteiger partial charge in [0, 0.05) is 18.6 Å². The maximum atomic E-state index is 10.8. The Kier molecular flexibility index (Phi) is 8.20. The third kappa shape index (κ3) is 5.03. The van der Waals surface area contributed by atoms with Crippen molar-refractivity contribution in [2.45, 2.75) is 127 Å². The minimum absolute atomic E-state index is 0.0394. The van der Waals surface area contributed by atoms with Crippen molar-refractivity contribution >= 4 is 0 Å². The first-order chi connectivity index (χ1) is 19.5. The fourth-order valence-corrected chi connectivity index (χ4v) is 9.44. The van der Waals surface area contributed by atoms with Crippen LogP contribution in [0.3, 0.4) is 0 Å². The van der Waals surface area contributed by atoms with Crippen molar-refractivity contribution in [2.75, 3.05) is 13.2 Å². The van der Waals surface area contributed by atoms with E-state index < -0.39 is 30.3 Å². The lowest BCUT2D eigenvalue weighted by Gasteiger charge is -2.50. The first kappa shape index (κ1) is 29.7. The van der Waals surface area contributed by atoms with Crippen LogP contribution < -0.4 is 5.32 Å². The lowest BCUT2D eigenvalue weighted by molar-refractivity contribution is -0.193. The Bertz CT molecular complexity index is 1150. The van der Waals surface area contributed by atoms with E-state index in [2.05, 4.69) is 51.2 Å². The summed E-state index contributed by atoms with van der Waals surface area (Å²) in [6, 6.07) is 4.81. The second kappa shape index (κ2) is 11.3. The standard InChI is InChI=1S/C34H51NO6/c1-17-11-28(37)30(35-15-17)19(3)23-7-8-24-25-6-5-21-13-22(9-10-34(21,4)27(25)14-26(24)18(23)2)41-29-12-20(16-36)31(38)33(40)32(29)39/h5,7-8,17,19-20,22,25,27-33,35-40H,6,9-16H2,1-4H3/t17-,19-,20+,22-,25-,27-,28+,29+,30-,31+,32-,33-,34-/m0/s1. The predicted molar refractivity (Wildman–Crippen MR) is 158 cm³/mol. The molecule has 1 saturated heterocycles. The summed E-state index contributed by atoms with van der Waals surface area (Å²) in [5, 5.41) is 55.2. The molecule has 0 radical (unpaired) electrons. The zero-order valence-corrected chi connectivity index (χ0v) is 25.2. The van der Waals surface area contributed by atoms with Crippen molar-refractivity contribution in [3.05, 3.63) is 46.0 Å². The zero-order chi connectivity index (χ0) is 29.2. The molecule has 0 unspecified atom stereocenters. The van der Waals surface area contributed by atoms with Crippen LogP contribution in [0.25, 0.3) is 0 Å². The highest BCUT2D eigenvalue weighted by Crippen LogP contribution is 2.60. The molecule has 0 amide bonds. The topological polar surface area (TPSA) is 122 Å². The molecule has 1 heterocycles. The number of ether oxygens (including phenoxy) is 1. The number of nitrogens with one attached hydrogen (secondary N) is 1. The van der Waals surface area contributed by atoms with Crippen molar-refractivity contribution < 1.29 is 30.3 Å². The lowest BCUT2D eigenvalue weighted by Crippen LogP contribution is -2.56. The van der Waals surface area contributed by atoms with Crippen LogP contribution in [0, 0.1) is 30.1 Å². The van der Waals surface area contributed by atoms with Gasteiger partial charge in [-0.05, 0) is 110 Å². The molecule has 228 valence electrons. The fourth-order valence-electron chi connectivity index (χ4n) is 9.44. The van der Waals surface area contributed by atoms with Gasteiger partial charge in [0.05, 0.1) is 24.4 Å². The number of piperidine rings is 1. The van der Waals surface area contributed by atoms with Crippen LogP contribution in [0.2, 0.25) is 0 Å². The molecule has 2 saturated carbocycles. The highest BCUT2D eigenvalue weighted by atomic mass is 16.5. The van der Waals surface area contributed by atoms with Crippen molar-refractivity contribution in [1.82, 2.24) is 5.32 Å². The molecular weight excluding hydrogens is 518 g/mol. The minimum atomic E-state index is -1.30. The summed E-state index contributed by atoms with van der Waals surface area (Å²) in [5.74, 6) is 1.35. The zero-order valence-electron chi connectivity index (χ0n) is 25.2. The second-order valence-corrected chi connectivity index (χ2v) is 14.5. The van der Waals surface area contributed by atoms with E-state index in [4.69, 9.17) is 4.74 Å². The normalized spacial score (nSPS) is 44.9. The van der Waals surface area contributed by atoms with Crippen LogP contribution in [0.15, 0.2) is 23.8 Å². The monoisotopic (exact) mass is 569 g/mol. The van der Waals surface area contributed by atoms with Gasteiger partial charge in [0.15, 0.2) is 0 Å². The quantitative estimate of drug-likeness (QED) is 0.302. The van der Waals surface area contributed by atoms with E-state index in [0.29, 0.717) is 24.2 Å². The Hall–Kier alpha value is -1.32. The Balaban J connectivity index is 1.16. The molecule has 7 nitrogen and oxygen atoms in total. The number of rotatable bonds is 5. The first-order valence-electron chi connectivity index (χ1n) is 16.1. The summed E-state index contributed by atoms with van der Waals surface area (Å²) < 4.78 is 6.40. The average Bonchev–Trinajstić information content (AvgIpc) is 3.34. The lowest BCUT2D eigenvalue weighted by atomic mass is 9.57. The molecule has 4 aliphatic carbocycles. The van der Waals surface area contributed by atoms with Gasteiger partial charge < -0.3 is 35.6 Å². The summed E-state index contributed by atoms with van der Waals surface area (Å²) >= 11 is 0. The molecule has 6 N–H and O–H groups in total. The molecule has 0 spiro atoms. The maximum absolute atomic E-state index is 10.8. The van der Waals surface area contributed by atoms with Crippen molar-refractivity contribution in [2.24, 2.45) is 23.2 Å². The smallest absolute Gasteiger partial charge is 0.109 e. The van der Waals surface area contributed by atoms with E-state index in [1.807, 2.05) is 0 Å². The molecule has 3 fully saturated rings. The van der Waals surface area contributed by atoms with Gasteiger partial charge in [-0.15, -0.1) is 0 Å². The number of allylic oxidation sites excluding steroid dienone is 1. The number of aliphatic hydroxyl groups excluding tert-OH is 5. The van der Waals surface area contributed by atoms with Gasteiger partial charge in [-0.25, -0.2) is 0 Å². The fraction of sp³-hybridized carbons (Fsp3) is 0.765. The highest BCUT2D eigenvalue weighted by molar-refractivity contribution is 5.50.